The summed E-state index contributed by atoms with van der Waals surface area (Å²) in [6.45, 7) is 3.06. The number of nitro groups is 1. The lowest BCUT2D eigenvalue weighted by molar-refractivity contribution is -0.383. The Morgan fingerprint density at radius 1 is 1.34 bits per heavy atom. The zero-order valence-corrected chi connectivity index (χ0v) is 16.3. The van der Waals surface area contributed by atoms with Crippen LogP contribution in [0.3, 0.4) is 0 Å². The lowest BCUT2D eigenvalue weighted by Gasteiger charge is -2.31. The van der Waals surface area contributed by atoms with E-state index in [4.69, 9.17) is 9.47 Å². The number of hydrogen-bond acceptors (Lipinski definition) is 9. The lowest BCUT2D eigenvalue weighted by atomic mass is 9.97. The van der Waals surface area contributed by atoms with Gasteiger partial charge in [-0.3, -0.25) is 14.9 Å². The van der Waals surface area contributed by atoms with Crippen molar-refractivity contribution in [2.24, 2.45) is 5.92 Å². The first kappa shape index (κ1) is 20.3. The fraction of sp³-hybridized carbons (Fsp3) is 0.421. The second-order valence-corrected chi connectivity index (χ2v) is 6.52. The monoisotopic (exact) mass is 401 g/mol. The van der Waals surface area contributed by atoms with Gasteiger partial charge in [0.2, 0.25) is 11.6 Å². The first-order chi connectivity index (χ1) is 14.0. The molecule has 3 rings (SSSR count). The van der Waals surface area contributed by atoms with E-state index in [1.54, 1.807) is 38.3 Å². The summed E-state index contributed by atoms with van der Waals surface area (Å²) >= 11 is 0. The summed E-state index contributed by atoms with van der Waals surface area (Å²) in [5.74, 6) is 0.539. The molecule has 0 amide bonds. The topological polar surface area (TPSA) is 120 Å². The maximum Gasteiger partial charge on any atom is 0.353 e. The van der Waals surface area contributed by atoms with Crippen LogP contribution < -0.4 is 15.0 Å². The molecule has 2 aromatic rings. The highest BCUT2D eigenvalue weighted by Gasteiger charge is 2.32. The molecular formula is C19H23N5O5. The molecule has 0 spiro atoms. The smallest absolute Gasteiger partial charge is 0.353 e. The van der Waals surface area contributed by atoms with Crippen LogP contribution >= 0.6 is 0 Å². The molecule has 1 saturated heterocycles. The van der Waals surface area contributed by atoms with Gasteiger partial charge in [0.25, 0.3) is 0 Å². The normalized spacial score (nSPS) is 14.3. The van der Waals surface area contributed by atoms with Crippen molar-refractivity contribution in [3.63, 3.8) is 0 Å². The number of anilines is 3. The fourth-order valence-corrected chi connectivity index (χ4v) is 3.29. The van der Waals surface area contributed by atoms with Gasteiger partial charge in [-0.05, 0) is 31.9 Å². The molecule has 1 aromatic heterocycles. The van der Waals surface area contributed by atoms with Crippen LogP contribution in [0.5, 0.6) is 5.75 Å². The summed E-state index contributed by atoms with van der Waals surface area (Å²) in [5, 5.41) is 14.8. The van der Waals surface area contributed by atoms with Gasteiger partial charge in [0.15, 0.2) is 0 Å². The van der Waals surface area contributed by atoms with Crippen LogP contribution in [0.2, 0.25) is 0 Å². The zero-order valence-electron chi connectivity index (χ0n) is 16.3. The number of piperidine rings is 1. The van der Waals surface area contributed by atoms with E-state index in [1.807, 2.05) is 4.90 Å². The summed E-state index contributed by atoms with van der Waals surface area (Å²) < 4.78 is 10.3. The largest absolute Gasteiger partial charge is 0.497 e. The summed E-state index contributed by atoms with van der Waals surface area (Å²) in [6.07, 6.45) is 2.40. The molecule has 10 nitrogen and oxygen atoms in total. The maximum atomic E-state index is 11.9. The van der Waals surface area contributed by atoms with Gasteiger partial charge in [-0.15, -0.1) is 0 Å². The average molecular weight is 401 g/mol. The molecule has 1 N–H and O–H groups in total. The van der Waals surface area contributed by atoms with Crippen LogP contribution in [-0.2, 0) is 9.53 Å². The number of rotatable bonds is 7. The van der Waals surface area contributed by atoms with Crippen LogP contribution in [0, 0.1) is 16.0 Å². The van der Waals surface area contributed by atoms with E-state index in [1.165, 1.54) is 6.33 Å². The number of nitrogens with one attached hydrogen (secondary N) is 1. The van der Waals surface area contributed by atoms with Gasteiger partial charge < -0.3 is 19.7 Å². The SMILES string of the molecule is CCOC(=O)C1CCN(c2ncnc(Nc3cccc(OC)c3)c2[N+](=O)[O-])CC1. The number of hydrogen-bond donors (Lipinski definition) is 1. The highest BCUT2D eigenvalue weighted by Crippen LogP contribution is 2.35. The Morgan fingerprint density at radius 3 is 2.76 bits per heavy atom. The van der Waals surface area contributed by atoms with Gasteiger partial charge in [-0.2, -0.15) is 0 Å². The van der Waals surface area contributed by atoms with Crippen molar-refractivity contribution < 1.29 is 19.2 Å². The van der Waals surface area contributed by atoms with Crippen molar-refractivity contribution in [3.05, 3.63) is 40.7 Å². The number of carbonyl (C=O) groups is 1. The minimum atomic E-state index is -0.491. The van der Waals surface area contributed by atoms with Gasteiger partial charge in [-0.1, -0.05) is 6.07 Å². The molecule has 1 aliphatic rings. The van der Waals surface area contributed by atoms with Gasteiger partial charge in [0.05, 0.1) is 24.6 Å². The molecule has 0 unspecified atom stereocenters. The Labute approximate surface area is 168 Å². The van der Waals surface area contributed by atoms with Crippen molar-refractivity contribution in [2.75, 3.05) is 37.0 Å². The van der Waals surface area contributed by atoms with E-state index < -0.39 is 4.92 Å². The van der Waals surface area contributed by atoms with E-state index in [-0.39, 0.29) is 29.2 Å². The predicted octanol–water partition coefficient (Wildman–Crippen LogP) is 2.92. The first-order valence-corrected chi connectivity index (χ1v) is 9.35. The van der Waals surface area contributed by atoms with E-state index in [2.05, 4.69) is 15.3 Å². The maximum absolute atomic E-state index is 11.9. The zero-order chi connectivity index (χ0) is 20.8. The highest BCUT2D eigenvalue weighted by molar-refractivity contribution is 5.76. The minimum absolute atomic E-state index is 0.0979. The third kappa shape index (κ3) is 4.71. The average Bonchev–Trinajstić information content (AvgIpc) is 2.74. The number of esters is 1. The number of methoxy groups -OCH3 is 1. The third-order valence-corrected chi connectivity index (χ3v) is 4.73. The predicted molar refractivity (Wildman–Crippen MR) is 107 cm³/mol. The molecule has 2 heterocycles. The van der Waals surface area contributed by atoms with Crippen LogP contribution in [0.4, 0.5) is 23.0 Å². The summed E-state index contributed by atoms with van der Waals surface area (Å²) in [4.78, 5) is 33.3. The second-order valence-electron chi connectivity index (χ2n) is 6.52. The van der Waals surface area contributed by atoms with Crippen molar-refractivity contribution >= 4 is 29.0 Å². The van der Waals surface area contributed by atoms with Crippen LogP contribution in [0.1, 0.15) is 19.8 Å². The van der Waals surface area contributed by atoms with Crippen molar-refractivity contribution in [2.45, 2.75) is 19.8 Å². The molecule has 0 saturated carbocycles. The van der Waals surface area contributed by atoms with E-state index >= 15 is 0 Å². The molecule has 1 aromatic carbocycles. The quantitative estimate of drug-likeness (QED) is 0.424. The number of benzene rings is 1. The van der Waals surface area contributed by atoms with Gasteiger partial charge in [0, 0.05) is 24.8 Å². The Morgan fingerprint density at radius 2 is 2.10 bits per heavy atom. The molecule has 0 radical (unpaired) electrons. The summed E-state index contributed by atoms with van der Waals surface area (Å²) in [7, 11) is 1.55. The molecule has 1 fully saturated rings. The Bertz CT molecular complexity index is 883. The van der Waals surface area contributed by atoms with Crippen LogP contribution in [0.25, 0.3) is 0 Å². The molecule has 0 atom stereocenters. The van der Waals surface area contributed by atoms with Gasteiger partial charge >= 0.3 is 11.7 Å². The Balaban J connectivity index is 1.82. The number of carbonyl (C=O) groups excluding carboxylic acids is 1. The van der Waals surface area contributed by atoms with E-state index in [0.717, 1.165) is 0 Å². The number of aromatic nitrogens is 2. The number of nitrogens with zero attached hydrogens (tertiary/aromatic N) is 4. The van der Waals surface area contributed by atoms with E-state index in [9.17, 15) is 14.9 Å². The minimum Gasteiger partial charge on any atom is -0.497 e. The van der Waals surface area contributed by atoms with Gasteiger partial charge in [-0.25, -0.2) is 9.97 Å². The lowest BCUT2D eigenvalue weighted by Crippen LogP contribution is -2.37. The molecule has 10 heteroatoms. The van der Waals surface area contributed by atoms with Crippen LogP contribution in [0.15, 0.2) is 30.6 Å². The van der Waals surface area contributed by atoms with E-state index in [0.29, 0.717) is 44.0 Å². The Kier molecular flexibility index (Phi) is 6.43. The Hall–Kier alpha value is -3.43. The van der Waals surface area contributed by atoms with Gasteiger partial charge in [0.1, 0.15) is 12.1 Å². The number of ether oxygens (including phenoxy) is 2. The van der Waals surface area contributed by atoms with Crippen molar-refractivity contribution in [3.8, 4) is 5.75 Å². The van der Waals surface area contributed by atoms with Crippen LogP contribution in [-0.4, -0.2) is 47.7 Å². The fourth-order valence-electron chi connectivity index (χ4n) is 3.29. The standard InChI is InChI=1S/C19H23N5O5/c1-3-29-19(25)13-7-9-23(10-8-13)18-16(24(26)27)17(20-12-21-18)22-14-5-4-6-15(11-14)28-2/h4-6,11-13H,3,7-10H2,1-2H3,(H,20,21,22). The molecule has 29 heavy (non-hydrogen) atoms. The highest BCUT2D eigenvalue weighted by atomic mass is 16.6. The second kappa shape index (κ2) is 9.18. The summed E-state index contributed by atoms with van der Waals surface area (Å²) in [5.41, 5.74) is 0.406. The summed E-state index contributed by atoms with van der Waals surface area (Å²) in [6, 6.07) is 7.03. The molecule has 154 valence electrons. The molecule has 0 aliphatic carbocycles. The van der Waals surface area contributed by atoms with Crippen molar-refractivity contribution in [1.82, 2.24) is 9.97 Å². The molecule has 0 bridgehead atoms. The van der Waals surface area contributed by atoms with Crippen molar-refractivity contribution in [1.29, 1.82) is 0 Å². The molecule has 1 aliphatic heterocycles. The first-order valence-electron chi connectivity index (χ1n) is 9.35. The third-order valence-electron chi connectivity index (χ3n) is 4.73. The molecular weight excluding hydrogens is 378 g/mol.